The lowest BCUT2D eigenvalue weighted by molar-refractivity contribution is -0.146. The summed E-state index contributed by atoms with van der Waals surface area (Å²) in [6.45, 7) is 1.68. The van der Waals surface area contributed by atoms with Crippen LogP contribution in [0.4, 0.5) is 4.79 Å². The number of fused-ring (bicyclic) bond motifs is 1. The Bertz CT molecular complexity index is 1810. The number of benzene rings is 3. The highest BCUT2D eigenvalue weighted by Gasteiger charge is 2.34. The van der Waals surface area contributed by atoms with Gasteiger partial charge in [0.15, 0.2) is 24.3 Å². The molecule has 49 heavy (non-hydrogen) atoms. The van der Waals surface area contributed by atoms with Gasteiger partial charge in [-0.15, -0.1) is 0 Å². The van der Waals surface area contributed by atoms with E-state index in [0.29, 0.717) is 39.5 Å². The number of carbonyl (C=O) groups is 3. The summed E-state index contributed by atoms with van der Waals surface area (Å²) in [4.78, 5) is 37.6. The molecule has 1 saturated heterocycles. The third kappa shape index (κ3) is 8.23. The van der Waals surface area contributed by atoms with Crippen LogP contribution in [0.25, 0.3) is 11.0 Å². The van der Waals surface area contributed by atoms with E-state index >= 15 is 0 Å². The number of methoxy groups -OCH3 is 1. The molecule has 1 aliphatic carbocycles. The fraction of sp³-hybridized carbons (Fsp3) is 0.389. The van der Waals surface area contributed by atoms with Gasteiger partial charge in [-0.05, 0) is 97.8 Å². The summed E-state index contributed by atoms with van der Waals surface area (Å²) in [7, 11) is 1.51. The van der Waals surface area contributed by atoms with E-state index < -0.39 is 30.1 Å². The molecule has 2 unspecified atom stereocenters. The normalized spacial score (nSPS) is 17.5. The molecule has 0 amide bonds. The lowest BCUT2D eigenvalue weighted by atomic mass is 9.98. The van der Waals surface area contributed by atoms with Crippen LogP contribution in [0.2, 0.25) is 0 Å². The van der Waals surface area contributed by atoms with Crippen LogP contribution in [0.1, 0.15) is 66.1 Å². The SMILES string of the molecule is COCOc1noc2cc(COc3ccc(C(=O)c4ccc(OC5CCCC5)cc4O)cc3CCC(=O)OCC3OC(=O)OC3C)ccc12. The van der Waals surface area contributed by atoms with Gasteiger partial charge in [-0.25, -0.2) is 4.79 Å². The summed E-state index contributed by atoms with van der Waals surface area (Å²) in [5.74, 6) is 0.154. The first-order valence-electron chi connectivity index (χ1n) is 16.1. The Morgan fingerprint density at radius 2 is 1.84 bits per heavy atom. The average molecular weight is 676 g/mol. The summed E-state index contributed by atoms with van der Waals surface area (Å²) in [6, 6.07) is 15.0. The van der Waals surface area contributed by atoms with E-state index in [1.807, 2.05) is 6.07 Å². The van der Waals surface area contributed by atoms with Gasteiger partial charge in [-0.1, -0.05) is 6.07 Å². The minimum Gasteiger partial charge on any atom is -0.507 e. The van der Waals surface area contributed by atoms with Gasteiger partial charge in [0.2, 0.25) is 0 Å². The number of phenolic OH excluding ortho intramolecular Hbond substituents is 1. The average Bonchev–Trinajstić information content (AvgIpc) is 3.84. The molecule has 6 rings (SSSR count). The number of nitrogens with zero attached hydrogens (tertiary/aromatic N) is 1. The van der Waals surface area contributed by atoms with Gasteiger partial charge in [0.1, 0.15) is 36.6 Å². The van der Waals surface area contributed by atoms with Crippen molar-refractivity contribution < 1.29 is 57.2 Å². The van der Waals surface area contributed by atoms with Gasteiger partial charge in [0.25, 0.3) is 5.88 Å². The summed E-state index contributed by atoms with van der Waals surface area (Å²) in [6.07, 6.45) is 2.36. The Hall–Kier alpha value is -5.30. The molecule has 2 fully saturated rings. The maximum Gasteiger partial charge on any atom is 0.509 e. The summed E-state index contributed by atoms with van der Waals surface area (Å²) in [5.41, 5.74) is 2.27. The number of hydrogen-bond donors (Lipinski definition) is 1. The zero-order chi connectivity index (χ0) is 34.3. The van der Waals surface area contributed by atoms with Crippen molar-refractivity contribution in [3.8, 4) is 23.1 Å². The highest BCUT2D eigenvalue weighted by Crippen LogP contribution is 2.32. The fourth-order valence-corrected chi connectivity index (χ4v) is 5.74. The first-order chi connectivity index (χ1) is 23.8. The lowest BCUT2D eigenvalue weighted by Crippen LogP contribution is -2.26. The minimum absolute atomic E-state index is 0.0304. The molecule has 1 aliphatic heterocycles. The molecular formula is C36H37NO12. The molecule has 13 heteroatoms. The molecule has 0 bridgehead atoms. The predicted molar refractivity (Wildman–Crippen MR) is 172 cm³/mol. The van der Waals surface area contributed by atoms with E-state index in [1.54, 1.807) is 49.4 Å². The van der Waals surface area contributed by atoms with Crippen molar-refractivity contribution in [3.63, 3.8) is 0 Å². The van der Waals surface area contributed by atoms with Crippen molar-refractivity contribution in [2.24, 2.45) is 0 Å². The van der Waals surface area contributed by atoms with Gasteiger partial charge < -0.3 is 42.8 Å². The van der Waals surface area contributed by atoms with Crippen molar-refractivity contribution in [2.75, 3.05) is 20.5 Å². The number of ketones is 1. The molecule has 13 nitrogen and oxygen atoms in total. The van der Waals surface area contributed by atoms with Gasteiger partial charge in [-0.2, -0.15) is 0 Å². The van der Waals surface area contributed by atoms with Crippen molar-refractivity contribution in [1.29, 1.82) is 0 Å². The molecule has 258 valence electrons. The largest absolute Gasteiger partial charge is 0.509 e. The van der Waals surface area contributed by atoms with Crippen molar-refractivity contribution in [3.05, 3.63) is 76.9 Å². The van der Waals surface area contributed by atoms with E-state index in [9.17, 15) is 19.5 Å². The first-order valence-corrected chi connectivity index (χ1v) is 16.1. The van der Waals surface area contributed by atoms with Gasteiger partial charge in [-0.3, -0.25) is 9.59 Å². The predicted octanol–water partition coefficient (Wildman–Crippen LogP) is 6.05. The maximum absolute atomic E-state index is 13.6. The van der Waals surface area contributed by atoms with E-state index in [2.05, 4.69) is 5.16 Å². The molecule has 1 aromatic heterocycles. The Morgan fingerprint density at radius 3 is 2.59 bits per heavy atom. The second-order valence-corrected chi connectivity index (χ2v) is 11.9. The third-order valence-corrected chi connectivity index (χ3v) is 8.41. The van der Waals surface area contributed by atoms with Crippen LogP contribution in [0.3, 0.4) is 0 Å². The number of esters is 1. The first kappa shape index (κ1) is 33.6. The number of aromatic nitrogens is 1. The highest BCUT2D eigenvalue weighted by atomic mass is 16.8. The molecule has 2 heterocycles. The standard InChI is InChI=1S/C36H37NO12/c1-21-32(48-36(41)46-21)19-44-33(39)14-9-23-16-24(34(40)27-12-10-26(17-29(27)38)47-25-5-3-4-6-25)8-13-30(23)43-18-22-7-11-28-31(15-22)49-37-35(28)45-20-42-2/h7-8,10-13,15-17,21,25,32,38H,3-6,9,14,18-20H2,1-2H3. The van der Waals surface area contributed by atoms with E-state index in [-0.39, 0.29) is 50.3 Å². The van der Waals surface area contributed by atoms with Crippen molar-refractivity contribution in [1.82, 2.24) is 5.16 Å². The van der Waals surface area contributed by atoms with Gasteiger partial charge >= 0.3 is 12.1 Å². The Labute approximate surface area is 281 Å². The van der Waals surface area contributed by atoms with Gasteiger partial charge in [0, 0.05) is 25.2 Å². The van der Waals surface area contributed by atoms with Crippen LogP contribution in [0.15, 0.2) is 59.1 Å². The molecule has 3 aromatic carbocycles. The van der Waals surface area contributed by atoms with Crippen LogP contribution in [-0.4, -0.2) is 67.0 Å². The monoisotopic (exact) mass is 675 g/mol. The number of cyclic esters (lactones) is 2. The number of hydrogen-bond acceptors (Lipinski definition) is 13. The molecule has 2 atom stereocenters. The van der Waals surface area contributed by atoms with Crippen LogP contribution in [0.5, 0.6) is 23.1 Å². The number of aryl methyl sites for hydroxylation is 1. The third-order valence-electron chi connectivity index (χ3n) is 8.41. The highest BCUT2D eigenvalue weighted by molar-refractivity contribution is 6.11. The lowest BCUT2D eigenvalue weighted by Gasteiger charge is -2.15. The van der Waals surface area contributed by atoms with Crippen LogP contribution in [-0.2, 0) is 36.8 Å². The second-order valence-electron chi connectivity index (χ2n) is 11.9. The van der Waals surface area contributed by atoms with Crippen molar-refractivity contribution >= 4 is 28.9 Å². The molecule has 1 N–H and O–H groups in total. The zero-order valence-corrected chi connectivity index (χ0v) is 27.2. The molecule has 2 aliphatic rings. The van der Waals surface area contributed by atoms with Crippen LogP contribution < -0.4 is 14.2 Å². The number of rotatable bonds is 15. The Kier molecular flexibility index (Phi) is 10.5. The zero-order valence-electron chi connectivity index (χ0n) is 27.2. The maximum atomic E-state index is 13.6. The fourth-order valence-electron chi connectivity index (χ4n) is 5.74. The molecule has 4 aromatic rings. The second kappa shape index (κ2) is 15.3. The minimum atomic E-state index is -0.804. The molecular weight excluding hydrogens is 638 g/mol. The quantitative estimate of drug-likeness (QED) is 0.0882. The van der Waals surface area contributed by atoms with E-state index in [1.165, 1.54) is 13.2 Å². The van der Waals surface area contributed by atoms with Crippen LogP contribution in [0, 0.1) is 0 Å². The summed E-state index contributed by atoms with van der Waals surface area (Å²) < 4.78 is 43.2. The smallest absolute Gasteiger partial charge is 0.507 e. The van der Waals surface area contributed by atoms with E-state index in [4.69, 9.17) is 37.7 Å². The number of phenols is 1. The molecule has 0 radical (unpaired) electrons. The Balaban J connectivity index is 1.17. The topological polar surface area (TPSA) is 162 Å². The van der Waals surface area contributed by atoms with Crippen molar-refractivity contribution in [2.45, 2.75) is 70.4 Å². The number of aromatic hydroxyl groups is 1. The van der Waals surface area contributed by atoms with E-state index in [0.717, 1.165) is 31.2 Å². The Morgan fingerprint density at radius 1 is 1.00 bits per heavy atom. The van der Waals surface area contributed by atoms with Crippen LogP contribution >= 0.6 is 0 Å². The summed E-state index contributed by atoms with van der Waals surface area (Å²) in [5, 5.41) is 15.4. The number of carbonyl (C=O) groups excluding carboxylic acids is 3. The van der Waals surface area contributed by atoms with Gasteiger partial charge in [0.05, 0.1) is 17.1 Å². The summed E-state index contributed by atoms with van der Waals surface area (Å²) >= 11 is 0. The molecule has 0 spiro atoms. The molecule has 1 saturated carbocycles. The number of ether oxygens (including phenoxy) is 7.